The fourth-order valence-electron chi connectivity index (χ4n) is 2.38. The summed E-state index contributed by atoms with van der Waals surface area (Å²) in [5, 5.41) is -0.149. The number of ether oxygens (including phenoxy) is 1. The molecule has 2 rings (SSSR count). The molecule has 0 radical (unpaired) electrons. The molecule has 0 spiro atoms. The van der Waals surface area contributed by atoms with Crippen LogP contribution in [-0.4, -0.2) is 16.6 Å². The lowest BCUT2D eigenvalue weighted by atomic mass is 10.0. The molecule has 21 heavy (non-hydrogen) atoms. The van der Waals surface area contributed by atoms with E-state index in [1.807, 2.05) is 61.5 Å². The van der Waals surface area contributed by atoms with Gasteiger partial charge in [-0.3, -0.25) is 4.21 Å². The summed E-state index contributed by atoms with van der Waals surface area (Å²) in [5.41, 5.74) is 7.35. The van der Waals surface area contributed by atoms with E-state index in [0.29, 0.717) is 10.6 Å². The maximum atomic E-state index is 12.9. The number of methoxy groups -OCH3 is 1. The molecule has 4 heteroatoms. The van der Waals surface area contributed by atoms with Gasteiger partial charge in [0.05, 0.1) is 28.1 Å². The largest absolute Gasteiger partial charge is 0.495 e. The van der Waals surface area contributed by atoms with Gasteiger partial charge >= 0.3 is 0 Å². The number of rotatable bonds is 6. The highest BCUT2D eigenvalue weighted by Crippen LogP contribution is 2.29. The van der Waals surface area contributed by atoms with Gasteiger partial charge in [-0.15, -0.1) is 0 Å². The second-order valence-corrected chi connectivity index (χ2v) is 6.47. The topological polar surface area (TPSA) is 52.3 Å². The molecule has 3 unspecified atom stereocenters. The Hall–Kier alpha value is -1.65. The Labute approximate surface area is 128 Å². The summed E-state index contributed by atoms with van der Waals surface area (Å²) >= 11 is 0. The van der Waals surface area contributed by atoms with Crippen molar-refractivity contribution in [3.05, 3.63) is 60.2 Å². The maximum absolute atomic E-state index is 12.9. The number of hydrogen-bond donors (Lipinski definition) is 1. The molecule has 0 fully saturated rings. The summed E-state index contributed by atoms with van der Waals surface area (Å²) in [6, 6.07) is 17.0. The van der Waals surface area contributed by atoms with Crippen molar-refractivity contribution >= 4 is 10.8 Å². The molecule has 0 saturated heterocycles. The number of nitrogens with two attached hydrogens (primary N) is 1. The summed E-state index contributed by atoms with van der Waals surface area (Å²) in [6.07, 6.45) is 0.737. The molecule has 0 heterocycles. The van der Waals surface area contributed by atoms with Crippen LogP contribution < -0.4 is 10.5 Å². The lowest BCUT2D eigenvalue weighted by Gasteiger charge is -2.23. The van der Waals surface area contributed by atoms with Gasteiger partial charge < -0.3 is 10.5 Å². The van der Waals surface area contributed by atoms with E-state index in [1.54, 1.807) is 7.11 Å². The Kier molecular flexibility index (Phi) is 5.53. The van der Waals surface area contributed by atoms with Crippen molar-refractivity contribution in [1.82, 2.24) is 0 Å². The third-order valence-corrected chi connectivity index (χ3v) is 5.50. The first-order valence-corrected chi connectivity index (χ1v) is 8.24. The first-order valence-electron chi connectivity index (χ1n) is 7.03. The summed E-state index contributed by atoms with van der Waals surface area (Å²) in [5.74, 6) is 0.648. The molecule has 0 saturated carbocycles. The predicted molar refractivity (Wildman–Crippen MR) is 86.9 cm³/mol. The number of hydrogen-bond acceptors (Lipinski definition) is 3. The molecule has 0 aromatic heterocycles. The van der Waals surface area contributed by atoms with Crippen molar-refractivity contribution in [3.8, 4) is 5.75 Å². The highest BCUT2D eigenvalue weighted by molar-refractivity contribution is 7.85. The molecule has 0 amide bonds. The zero-order chi connectivity index (χ0) is 15.2. The summed E-state index contributed by atoms with van der Waals surface area (Å²) < 4.78 is 18.2. The van der Waals surface area contributed by atoms with E-state index in [0.717, 1.165) is 12.0 Å². The van der Waals surface area contributed by atoms with E-state index >= 15 is 0 Å². The van der Waals surface area contributed by atoms with E-state index in [9.17, 15) is 4.21 Å². The van der Waals surface area contributed by atoms with Crippen molar-refractivity contribution in [2.45, 2.75) is 29.5 Å². The summed E-state index contributed by atoms with van der Waals surface area (Å²) in [7, 11) is 0.378. The molecule has 0 bridgehead atoms. The van der Waals surface area contributed by atoms with Crippen molar-refractivity contribution in [1.29, 1.82) is 0 Å². The lowest BCUT2D eigenvalue weighted by Crippen LogP contribution is -2.30. The smallest absolute Gasteiger partial charge is 0.134 e. The van der Waals surface area contributed by atoms with E-state index in [-0.39, 0.29) is 11.3 Å². The SMILES string of the molecule is CCC(C(N)c1ccccc1)S(=O)c1ccccc1OC. The van der Waals surface area contributed by atoms with Gasteiger partial charge in [-0.25, -0.2) is 0 Å². The lowest BCUT2D eigenvalue weighted by molar-refractivity contribution is 0.403. The fourth-order valence-corrected chi connectivity index (χ4v) is 3.99. The van der Waals surface area contributed by atoms with Gasteiger partial charge in [0, 0.05) is 6.04 Å². The standard InChI is InChI=1S/C17H21NO2S/c1-3-15(17(18)13-9-5-4-6-10-13)21(19)16-12-8-7-11-14(16)20-2/h4-12,15,17H,3,18H2,1-2H3. The van der Waals surface area contributed by atoms with Crippen LogP contribution in [0.2, 0.25) is 0 Å². The first-order chi connectivity index (χ1) is 10.2. The van der Waals surface area contributed by atoms with Crippen molar-refractivity contribution in [3.63, 3.8) is 0 Å². The molecule has 0 aliphatic rings. The van der Waals surface area contributed by atoms with Crippen molar-refractivity contribution in [2.24, 2.45) is 5.73 Å². The third-order valence-electron chi connectivity index (χ3n) is 3.55. The molecule has 3 nitrogen and oxygen atoms in total. The van der Waals surface area contributed by atoms with Gasteiger partial charge in [-0.2, -0.15) is 0 Å². The predicted octanol–water partition coefficient (Wildman–Crippen LogP) is 3.28. The van der Waals surface area contributed by atoms with E-state index in [4.69, 9.17) is 10.5 Å². The minimum atomic E-state index is -1.21. The Morgan fingerprint density at radius 2 is 1.71 bits per heavy atom. The number of para-hydroxylation sites is 1. The molecule has 3 atom stereocenters. The second-order valence-electron chi connectivity index (χ2n) is 4.83. The Bertz CT molecular complexity index is 601. The second kappa shape index (κ2) is 7.38. The minimum Gasteiger partial charge on any atom is -0.495 e. The van der Waals surface area contributed by atoms with E-state index < -0.39 is 10.8 Å². The van der Waals surface area contributed by atoms with Crippen LogP contribution in [0.3, 0.4) is 0 Å². The molecule has 2 aromatic carbocycles. The van der Waals surface area contributed by atoms with Gasteiger partial charge in [0.2, 0.25) is 0 Å². The highest BCUT2D eigenvalue weighted by Gasteiger charge is 2.26. The van der Waals surface area contributed by atoms with Crippen LogP contribution in [0, 0.1) is 0 Å². The van der Waals surface area contributed by atoms with Gasteiger partial charge in [-0.1, -0.05) is 49.4 Å². The first kappa shape index (κ1) is 15.7. The zero-order valence-corrected chi connectivity index (χ0v) is 13.2. The van der Waals surface area contributed by atoms with Crippen molar-refractivity contribution < 1.29 is 8.95 Å². The third kappa shape index (κ3) is 3.52. The molecular formula is C17H21NO2S. The Morgan fingerprint density at radius 1 is 1.10 bits per heavy atom. The summed E-state index contributed by atoms with van der Waals surface area (Å²) in [4.78, 5) is 0.707. The van der Waals surface area contributed by atoms with Crippen LogP contribution in [0.4, 0.5) is 0 Å². The normalized spacial score (nSPS) is 15.2. The van der Waals surface area contributed by atoms with Crippen LogP contribution in [0.25, 0.3) is 0 Å². The van der Waals surface area contributed by atoms with Crippen LogP contribution in [0.1, 0.15) is 24.9 Å². The van der Waals surface area contributed by atoms with Gasteiger partial charge in [0.1, 0.15) is 5.75 Å². The number of benzene rings is 2. The molecule has 112 valence electrons. The van der Waals surface area contributed by atoms with Crippen LogP contribution in [0.5, 0.6) is 5.75 Å². The van der Waals surface area contributed by atoms with E-state index in [1.165, 1.54) is 0 Å². The molecule has 2 aromatic rings. The van der Waals surface area contributed by atoms with Gasteiger partial charge in [0.25, 0.3) is 0 Å². The Morgan fingerprint density at radius 3 is 2.33 bits per heavy atom. The van der Waals surface area contributed by atoms with Crippen molar-refractivity contribution in [2.75, 3.05) is 7.11 Å². The van der Waals surface area contributed by atoms with Crippen LogP contribution >= 0.6 is 0 Å². The van der Waals surface area contributed by atoms with Crippen LogP contribution in [0.15, 0.2) is 59.5 Å². The van der Waals surface area contributed by atoms with Gasteiger partial charge in [0.15, 0.2) is 0 Å². The maximum Gasteiger partial charge on any atom is 0.134 e. The summed E-state index contributed by atoms with van der Waals surface area (Å²) in [6.45, 7) is 2.01. The average molecular weight is 303 g/mol. The van der Waals surface area contributed by atoms with Crippen LogP contribution in [-0.2, 0) is 10.8 Å². The fraction of sp³-hybridized carbons (Fsp3) is 0.294. The molecular weight excluding hydrogens is 282 g/mol. The van der Waals surface area contributed by atoms with Gasteiger partial charge in [-0.05, 0) is 24.1 Å². The molecule has 2 N–H and O–H groups in total. The highest BCUT2D eigenvalue weighted by atomic mass is 32.2. The average Bonchev–Trinajstić information content (AvgIpc) is 2.56. The molecule has 0 aliphatic heterocycles. The quantitative estimate of drug-likeness (QED) is 0.891. The monoisotopic (exact) mass is 303 g/mol. The Balaban J connectivity index is 2.31. The van der Waals surface area contributed by atoms with E-state index in [2.05, 4.69) is 0 Å². The molecule has 0 aliphatic carbocycles. The zero-order valence-electron chi connectivity index (χ0n) is 12.4. The minimum absolute atomic E-state index is 0.149.